The van der Waals surface area contributed by atoms with E-state index in [1.54, 1.807) is 30.4 Å². The van der Waals surface area contributed by atoms with Gasteiger partial charge < -0.3 is 48.9 Å². The Morgan fingerprint density at radius 3 is 1.68 bits per heavy atom. The van der Waals surface area contributed by atoms with Crippen molar-refractivity contribution in [3.8, 4) is 51.3 Å². The third-order valence-electron chi connectivity index (χ3n) is 12.4. The number of hydrogen-bond acceptors (Lipinski definition) is 11. The quantitative estimate of drug-likeness (QED) is 0.0789. The number of carbonyl (C=O) groups is 2. The molecule has 3 aromatic carbocycles. The van der Waals surface area contributed by atoms with Gasteiger partial charge in [0, 0.05) is 68.3 Å². The fourth-order valence-corrected chi connectivity index (χ4v) is 8.57. The number of carbonyl (C=O) groups excluding carboxylic acids is 2. The van der Waals surface area contributed by atoms with Crippen molar-refractivity contribution in [1.29, 1.82) is 0 Å². The molecule has 14 nitrogen and oxygen atoms in total. The summed E-state index contributed by atoms with van der Waals surface area (Å²) < 4.78 is 14.2. The van der Waals surface area contributed by atoms with Gasteiger partial charge >= 0.3 is 29.0 Å². The number of rotatable bonds is 10. The molecule has 3 aliphatic heterocycles. The van der Waals surface area contributed by atoms with E-state index in [0.29, 0.717) is 81.0 Å². The molecule has 0 aliphatic carbocycles. The Labute approximate surface area is 404 Å². The standard InChI is InChI=1S/C53H51N8O6.Cu/c1-10-33-34(11-2)42-54-41(33)55-43-35-19-12-14-21-37(35)45(57-43)59-47-39-23-24-67(28-40(39)48(61-47)60-46-38-22-15-13-20-36(38)44(56-42)58-46)32-18-16-17-30(25-32)49(63)65-26-31(62)27-66-50(64)53(9,52(6,7)8)29-51(3,4)5;/h10-23,25,28,31,62H,1-2,24,26-27,29H2,3-9H3;/q-1;+2. The summed E-state index contributed by atoms with van der Waals surface area (Å²) >= 11 is 0. The number of fused-ring (bicyclic) bond motifs is 17. The number of aliphatic hydroxyl groups is 1. The molecule has 68 heavy (non-hydrogen) atoms. The average molecular weight is 960 g/mol. The molecule has 0 fully saturated rings. The second-order valence-corrected chi connectivity index (χ2v) is 19.3. The van der Waals surface area contributed by atoms with E-state index in [2.05, 4.69) is 38.3 Å². The molecule has 15 heteroatoms. The number of aromatic nitrogens is 8. The van der Waals surface area contributed by atoms with Gasteiger partial charge in [-0.05, 0) is 41.4 Å². The van der Waals surface area contributed by atoms with Gasteiger partial charge in [0.25, 0.3) is 5.75 Å². The summed E-state index contributed by atoms with van der Waals surface area (Å²) in [5.41, 5.74) is 4.87. The molecule has 1 N–H and O–H groups in total. The van der Waals surface area contributed by atoms with Crippen LogP contribution >= 0.6 is 0 Å². The van der Waals surface area contributed by atoms with E-state index in [1.165, 1.54) is 0 Å². The molecular weight excluding hydrogens is 908 g/mol. The predicted octanol–water partition coefficient (Wildman–Crippen LogP) is 8.15. The smallest absolute Gasteiger partial charge is 0.537 e. The first-order valence-electron chi connectivity index (χ1n) is 22.1. The second-order valence-electron chi connectivity index (χ2n) is 19.3. The third kappa shape index (κ3) is 8.92. The monoisotopic (exact) mass is 958 g/mol. The molecular formula is C53H51CuN8O6+. The third-order valence-corrected chi connectivity index (χ3v) is 12.4. The number of benzene rings is 3. The van der Waals surface area contributed by atoms with Crippen molar-refractivity contribution >= 4 is 59.0 Å². The van der Waals surface area contributed by atoms with E-state index < -0.39 is 28.9 Å². The molecule has 0 amide bonds. The summed E-state index contributed by atoms with van der Waals surface area (Å²) in [7, 11) is 0. The van der Waals surface area contributed by atoms with Gasteiger partial charge in [-0.3, -0.25) is 4.79 Å². The minimum Gasteiger partial charge on any atom is -0.537 e. The zero-order valence-electron chi connectivity index (χ0n) is 38.9. The van der Waals surface area contributed by atoms with Crippen LogP contribution < -0.4 is 20.4 Å². The van der Waals surface area contributed by atoms with Crippen LogP contribution in [0.3, 0.4) is 0 Å². The van der Waals surface area contributed by atoms with Crippen molar-refractivity contribution in [3.05, 3.63) is 113 Å². The van der Waals surface area contributed by atoms with Crippen LogP contribution in [0.1, 0.15) is 76.4 Å². The van der Waals surface area contributed by atoms with Gasteiger partial charge in [0.05, 0.1) is 39.5 Å². The molecule has 6 heterocycles. The molecule has 6 aromatic rings. The molecule has 0 saturated carbocycles. The summed E-state index contributed by atoms with van der Waals surface area (Å²) in [5.74, 6) is 1.23. The summed E-state index contributed by atoms with van der Waals surface area (Å²) in [4.78, 5) is 66.5. The van der Waals surface area contributed by atoms with Gasteiger partial charge in [0.2, 0.25) is 6.26 Å². The maximum Gasteiger partial charge on any atom is 2.00 e. The Morgan fingerprint density at radius 2 is 1.18 bits per heavy atom. The normalized spacial score (nSPS) is 14.1. The van der Waals surface area contributed by atoms with E-state index in [9.17, 15) is 14.7 Å². The number of aliphatic hydroxyl groups excluding tert-OH is 1. The van der Waals surface area contributed by atoms with E-state index >= 15 is 0 Å². The van der Waals surface area contributed by atoms with E-state index in [0.717, 1.165) is 27.5 Å². The molecule has 0 spiro atoms. The van der Waals surface area contributed by atoms with Crippen LogP contribution in [-0.4, -0.2) is 72.9 Å². The molecule has 1 radical (unpaired) electrons. The first-order chi connectivity index (χ1) is 31.9. The minimum atomic E-state index is -1.22. The Bertz CT molecular complexity index is 3330. The molecule has 8 bridgehead atoms. The molecule has 9 rings (SSSR count). The van der Waals surface area contributed by atoms with Gasteiger partial charge in [-0.15, -0.1) is 0 Å². The zero-order chi connectivity index (χ0) is 47.4. The zero-order valence-corrected chi connectivity index (χ0v) is 39.9. The van der Waals surface area contributed by atoms with Crippen molar-refractivity contribution in [2.45, 2.75) is 61.0 Å². The van der Waals surface area contributed by atoms with Crippen molar-refractivity contribution in [2.24, 2.45) is 16.2 Å². The summed E-state index contributed by atoms with van der Waals surface area (Å²) in [6, 6.07) is 22.3. The second kappa shape index (κ2) is 18.2. The van der Waals surface area contributed by atoms with Crippen LogP contribution in [0.25, 0.3) is 92.6 Å². The van der Waals surface area contributed by atoms with E-state index in [-0.39, 0.29) is 41.3 Å². The summed E-state index contributed by atoms with van der Waals surface area (Å²) in [6.07, 6.45) is 6.56. The topological polar surface area (TPSA) is 181 Å². The Morgan fingerprint density at radius 1 is 0.691 bits per heavy atom. The average Bonchev–Trinajstić information content (AvgIpc) is 4.03. The number of hydrogen-bond donors (Lipinski definition) is 1. The van der Waals surface area contributed by atoms with Gasteiger partial charge in [0.15, 0.2) is 6.61 Å². The first-order valence-corrected chi connectivity index (χ1v) is 22.1. The van der Waals surface area contributed by atoms with Gasteiger partial charge in [-0.25, -0.2) is 14.8 Å². The summed E-state index contributed by atoms with van der Waals surface area (Å²) in [6.45, 7) is 21.9. The number of nitrogens with zero attached hydrogens (tertiary/aromatic N) is 8. The SMILES string of the molecule is C=Cc1c(C=C)c2nc3nc(nc4[n-]c(nc5nc(nc1[n-]2)-c1ccccc1-5)c1c4=C[O+](c2cccc(C(=O)OCC(O)COC(=O)C(C)(CC(C)(C)C)C(C)(C)C)c2)CC=1)-c1ccccc1-3.[Cu+2]. The fourth-order valence-electron chi connectivity index (χ4n) is 8.57. The molecule has 349 valence electrons. The molecule has 3 aliphatic rings. The van der Waals surface area contributed by atoms with Crippen LogP contribution in [0.5, 0.6) is 5.75 Å². The van der Waals surface area contributed by atoms with Crippen LogP contribution in [0.4, 0.5) is 0 Å². The van der Waals surface area contributed by atoms with E-state index in [1.807, 2.05) is 94.6 Å². The number of esters is 2. The molecule has 3 aromatic heterocycles. The van der Waals surface area contributed by atoms with Gasteiger partial charge in [-0.2, -0.15) is 0 Å². The van der Waals surface area contributed by atoms with E-state index in [4.69, 9.17) is 49.3 Å². The van der Waals surface area contributed by atoms with Crippen LogP contribution in [0, 0.1) is 16.2 Å². The Hall–Kier alpha value is -7.06. The maximum atomic E-state index is 13.4. The first kappa shape index (κ1) is 47.4. The summed E-state index contributed by atoms with van der Waals surface area (Å²) in [5, 5.41) is 12.1. The van der Waals surface area contributed by atoms with Crippen LogP contribution in [0.2, 0.25) is 0 Å². The maximum absolute atomic E-state index is 13.4. The van der Waals surface area contributed by atoms with Crippen molar-refractivity contribution in [3.63, 3.8) is 0 Å². The van der Waals surface area contributed by atoms with Gasteiger partial charge in [-0.1, -0.05) is 121 Å². The predicted molar refractivity (Wildman–Crippen MR) is 258 cm³/mol. The van der Waals surface area contributed by atoms with Crippen LogP contribution in [-0.2, 0) is 35.7 Å². The van der Waals surface area contributed by atoms with Crippen molar-refractivity contribution in [1.82, 2.24) is 39.9 Å². The molecule has 2 atom stereocenters. The van der Waals surface area contributed by atoms with Crippen molar-refractivity contribution < 1.29 is 45.6 Å². The van der Waals surface area contributed by atoms with Crippen LogP contribution in [0.15, 0.2) is 86.0 Å². The Balaban J connectivity index is 0.00000625. The minimum absolute atomic E-state index is 0. The van der Waals surface area contributed by atoms with Gasteiger partial charge in [0.1, 0.15) is 19.3 Å². The molecule has 0 saturated heterocycles. The Kier molecular flexibility index (Phi) is 12.7. The van der Waals surface area contributed by atoms with Crippen molar-refractivity contribution in [2.75, 3.05) is 19.8 Å². The molecule has 2 unspecified atom stereocenters. The largest absolute Gasteiger partial charge is 2.00 e. The fraction of sp³-hybridized carbons (Fsp3) is 0.283. The number of ether oxygens (including phenoxy) is 2.